The maximum Gasteiger partial charge on any atom is 0.261 e. The average molecular weight is 377 g/mol. The Labute approximate surface area is 159 Å². The highest BCUT2D eigenvalue weighted by Gasteiger charge is 2.14. The first kappa shape index (κ1) is 17.2. The predicted octanol–water partition coefficient (Wildman–Crippen LogP) is 4.67. The van der Waals surface area contributed by atoms with E-state index in [-0.39, 0.29) is 11.7 Å². The van der Waals surface area contributed by atoms with Crippen LogP contribution in [-0.4, -0.2) is 15.7 Å². The van der Waals surface area contributed by atoms with Gasteiger partial charge in [0.05, 0.1) is 16.3 Å². The monoisotopic (exact) mass is 377 g/mol. The standard InChI is InChI=1S/C21H16FN3OS/c22-17-10-8-15(9-11-17)20-16(13-23-21(26)19-7-4-12-27-19)14-25(24-20)18-5-2-1-3-6-18/h1-12,14H,13H2,(H,23,26). The molecule has 0 aliphatic rings. The van der Waals surface area contributed by atoms with Crippen molar-refractivity contribution in [1.82, 2.24) is 15.1 Å². The van der Waals surface area contributed by atoms with Crippen molar-refractivity contribution in [2.45, 2.75) is 6.54 Å². The summed E-state index contributed by atoms with van der Waals surface area (Å²) in [4.78, 5) is 12.9. The lowest BCUT2D eigenvalue weighted by atomic mass is 10.1. The third-order valence-corrected chi connectivity index (χ3v) is 4.98. The molecular formula is C21H16FN3OS. The summed E-state index contributed by atoms with van der Waals surface area (Å²) in [5.74, 6) is -0.420. The molecule has 0 spiro atoms. The van der Waals surface area contributed by atoms with E-state index >= 15 is 0 Å². The van der Waals surface area contributed by atoms with Crippen LogP contribution in [0.2, 0.25) is 0 Å². The van der Waals surface area contributed by atoms with Gasteiger partial charge in [0, 0.05) is 23.9 Å². The fourth-order valence-electron chi connectivity index (χ4n) is 2.77. The minimum Gasteiger partial charge on any atom is -0.347 e. The Kier molecular flexibility index (Phi) is 4.80. The number of halogens is 1. The van der Waals surface area contributed by atoms with E-state index in [4.69, 9.17) is 0 Å². The van der Waals surface area contributed by atoms with Crippen LogP contribution >= 0.6 is 11.3 Å². The number of rotatable bonds is 5. The minimum absolute atomic E-state index is 0.123. The second-order valence-corrected chi connectivity index (χ2v) is 6.90. The smallest absolute Gasteiger partial charge is 0.261 e. The first-order valence-corrected chi connectivity index (χ1v) is 9.30. The molecule has 134 valence electrons. The molecule has 2 aromatic heterocycles. The quantitative estimate of drug-likeness (QED) is 0.549. The topological polar surface area (TPSA) is 46.9 Å². The summed E-state index contributed by atoms with van der Waals surface area (Å²) in [6, 6.07) is 19.6. The van der Waals surface area contributed by atoms with Gasteiger partial charge in [-0.25, -0.2) is 9.07 Å². The van der Waals surface area contributed by atoms with E-state index in [1.807, 2.05) is 48.0 Å². The van der Waals surface area contributed by atoms with Gasteiger partial charge < -0.3 is 5.32 Å². The molecule has 0 saturated heterocycles. The van der Waals surface area contributed by atoms with Gasteiger partial charge in [0.15, 0.2) is 0 Å². The molecule has 1 amide bonds. The number of amides is 1. The van der Waals surface area contributed by atoms with Crippen molar-refractivity contribution < 1.29 is 9.18 Å². The summed E-state index contributed by atoms with van der Waals surface area (Å²) >= 11 is 1.40. The molecule has 2 aromatic carbocycles. The number of nitrogens with zero attached hydrogens (tertiary/aromatic N) is 2. The van der Waals surface area contributed by atoms with Crippen LogP contribution in [0.5, 0.6) is 0 Å². The highest BCUT2D eigenvalue weighted by Crippen LogP contribution is 2.24. The van der Waals surface area contributed by atoms with Crippen molar-refractivity contribution >= 4 is 17.2 Å². The number of hydrogen-bond donors (Lipinski definition) is 1. The fraction of sp³-hybridized carbons (Fsp3) is 0.0476. The molecule has 0 fully saturated rings. The highest BCUT2D eigenvalue weighted by atomic mass is 32.1. The summed E-state index contributed by atoms with van der Waals surface area (Å²) < 4.78 is 15.1. The van der Waals surface area contributed by atoms with Crippen LogP contribution < -0.4 is 5.32 Å². The summed E-state index contributed by atoms with van der Waals surface area (Å²) in [5, 5.41) is 9.47. The molecule has 4 aromatic rings. The zero-order valence-corrected chi connectivity index (χ0v) is 15.1. The predicted molar refractivity (Wildman–Crippen MR) is 104 cm³/mol. The summed E-state index contributed by atoms with van der Waals surface area (Å²) in [5.41, 5.74) is 3.28. The molecule has 1 N–H and O–H groups in total. The molecule has 0 bridgehead atoms. The number of aromatic nitrogens is 2. The lowest BCUT2D eigenvalue weighted by Gasteiger charge is -2.04. The summed E-state index contributed by atoms with van der Waals surface area (Å²) in [6.07, 6.45) is 1.89. The van der Waals surface area contributed by atoms with E-state index in [0.29, 0.717) is 17.1 Å². The zero-order chi connectivity index (χ0) is 18.6. The fourth-order valence-corrected chi connectivity index (χ4v) is 3.41. The third-order valence-electron chi connectivity index (χ3n) is 4.11. The van der Waals surface area contributed by atoms with Crippen molar-refractivity contribution in [3.63, 3.8) is 0 Å². The van der Waals surface area contributed by atoms with Crippen LogP contribution in [0.1, 0.15) is 15.2 Å². The molecule has 0 atom stereocenters. The number of carbonyl (C=O) groups excluding carboxylic acids is 1. The number of nitrogens with one attached hydrogen (secondary N) is 1. The average Bonchev–Trinajstić information content (AvgIpc) is 3.38. The second-order valence-electron chi connectivity index (χ2n) is 5.95. The van der Waals surface area contributed by atoms with E-state index < -0.39 is 0 Å². The van der Waals surface area contributed by atoms with Crippen LogP contribution in [0.25, 0.3) is 16.9 Å². The Bertz CT molecular complexity index is 1040. The van der Waals surface area contributed by atoms with Gasteiger partial charge in [-0.3, -0.25) is 4.79 Å². The molecule has 4 nitrogen and oxygen atoms in total. The van der Waals surface area contributed by atoms with Crippen LogP contribution in [0.15, 0.2) is 78.3 Å². The van der Waals surface area contributed by atoms with Gasteiger partial charge in [-0.15, -0.1) is 11.3 Å². The molecule has 0 aliphatic heterocycles. The molecular weight excluding hydrogens is 361 g/mol. The maximum atomic E-state index is 13.3. The van der Waals surface area contributed by atoms with E-state index in [9.17, 15) is 9.18 Å². The van der Waals surface area contributed by atoms with Crippen LogP contribution in [0.4, 0.5) is 4.39 Å². The third kappa shape index (κ3) is 3.80. The normalized spacial score (nSPS) is 10.7. The molecule has 0 saturated carbocycles. The van der Waals surface area contributed by atoms with Crippen molar-refractivity contribution in [2.24, 2.45) is 0 Å². The van der Waals surface area contributed by atoms with E-state index in [1.54, 1.807) is 22.9 Å². The Morgan fingerprint density at radius 3 is 2.52 bits per heavy atom. The number of thiophene rings is 1. The van der Waals surface area contributed by atoms with Gasteiger partial charge in [-0.1, -0.05) is 24.3 Å². The highest BCUT2D eigenvalue weighted by molar-refractivity contribution is 7.12. The van der Waals surface area contributed by atoms with Crippen LogP contribution in [0.3, 0.4) is 0 Å². The lowest BCUT2D eigenvalue weighted by molar-refractivity contribution is 0.0955. The van der Waals surface area contributed by atoms with Crippen LogP contribution in [0, 0.1) is 5.82 Å². The number of para-hydroxylation sites is 1. The minimum atomic E-state index is -0.297. The van der Waals surface area contributed by atoms with Gasteiger partial charge in [0.1, 0.15) is 5.82 Å². The Morgan fingerprint density at radius 1 is 1.04 bits per heavy atom. The first-order valence-electron chi connectivity index (χ1n) is 8.42. The molecule has 0 radical (unpaired) electrons. The largest absolute Gasteiger partial charge is 0.347 e. The first-order chi connectivity index (χ1) is 13.2. The molecule has 0 aliphatic carbocycles. The molecule has 6 heteroatoms. The number of carbonyl (C=O) groups is 1. The maximum absolute atomic E-state index is 13.3. The van der Waals surface area contributed by atoms with Gasteiger partial charge in [0.2, 0.25) is 0 Å². The summed E-state index contributed by atoms with van der Waals surface area (Å²) in [7, 11) is 0. The number of benzene rings is 2. The summed E-state index contributed by atoms with van der Waals surface area (Å²) in [6.45, 7) is 0.330. The van der Waals surface area contributed by atoms with Crippen molar-refractivity contribution in [1.29, 1.82) is 0 Å². The van der Waals surface area contributed by atoms with Gasteiger partial charge in [-0.2, -0.15) is 5.10 Å². The molecule has 27 heavy (non-hydrogen) atoms. The van der Waals surface area contributed by atoms with Gasteiger partial charge >= 0.3 is 0 Å². The van der Waals surface area contributed by atoms with Crippen LogP contribution in [-0.2, 0) is 6.54 Å². The Morgan fingerprint density at radius 2 is 1.81 bits per heavy atom. The second kappa shape index (κ2) is 7.55. The van der Waals surface area contributed by atoms with Gasteiger partial charge in [-0.05, 0) is 47.8 Å². The van der Waals surface area contributed by atoms with E-state index in [0.717, 1.165) is 16.8 Å². The zero-order valence-electron chi connectivity index (χ0n) is 14.3. The molecule has 2 heterocycles. The van der Waals surface area contributed by atoms with Crippen molar-refractivity contribution in [3.8, 4) is 16.9 Å². The molecule has 0 unspecified atom stereocenters. The van der Waals surface area contributed by atoms with E-state index in [2.05, 4.69) is 10.4 Å². The van der Waals surface area contributed by atoms with Gasteiger partial charge in [0.25, 0.3) is 5.91 Å². The molecule has 4 rings (SSSR count). The SMILES string of the molecule is O=C(NCc1cn(-c2ccccc2)nc1-c1ccc(F)cc1)c1cccs1. The Hall–Kier alpha value is -3.25. The van der Waals surface area contributed by atoms with Crippen molar-refractivity contribution in [2.75, 3.05) is 0 Å². The van der Waals surface area contributed by atoms with E-state index in [1.165, 1.54) is 23.5 Å². The lowest BCUT2D eigenvalue weighted by Crippen LogP contribution is -2.21. The Balaban J connectivity index is 1.66. The van der Waals surface area contributed by atoms with Crippen molar-refractivity contribution in [3.05, 3.63) is 94.6 Å². The number of hydrogen-bond acceptors (Lipinski definition) is 3.